The van der Waals surface area contributed by atoms with Gasteiger partial charge in [0.2, 0.25) is 5.91 Å². The summed E-state index contributed by atoms with van der Waals surface area (Å²) < 4.78 is 31.3. The Morgan fingerprint density at radius 3 is 2.15 bits per heavy atom. The van der Waals surface area contributed by atoms with E-state index in [1.807, 2.05) is 12.1 Å². The highest BCUT2D eigenvalue weighted by Crippen LogP contribution is 2.24. The first-order valence-electron chi connectivity index (χ1n) is 11.3. The fourth-order valence-electron chi connectivity index (χ4n) is 4.13. The molecule has 0 spiro atoms. The monoisotopic (exact) mass is 472 g/mol. The highest BCUT2D eigenvalue weighted by atomic mass is 32.2. The molecule has 0 unspecified atom stereocenters. The maximum atomic E-state index is 12.9. The van der Waals surface area contributed by atoms with Crippen LogP contribution in [0, 0.1) is 0 Å². The molecule has 1 saturated heterocycles. The lowest BCUT2D eigenvalue weighted by Gasteiger charge is -2.21. The van der Waals surface area contributed by atoms with Crippen molar-refractivity contribution in [1.82, 2.24) is 9.21 Å². The number of carbonyl (C=O) groups excluding carboxylic acids is 2. The number of carbonyl (C=O) groups is 2. The summed E-state index contributed by atoms with van der Waals surface area (Å²) in [6.45, 7) is 6.52. The van der Waals surface area contributed by atoms with Crippen LogP contribution in [0.5, 0.6) is 0 Å². The van der Waals surface area contributed by atoms with E-state index in [1.54, 1.807) is 12.1 Å². The molecule has 1 amide bonds. The molecule has 3 rings (SSSR count). The number of hydrogen-bond acceptors (Lipinski definition) is 6. The Labute approximate surface area is 196 Å². The summed E-state index contributed by atoms with van der Waals surface area (Å²) in [4.78, 5) is 25.4. The van der Waals surface area contributed by atoms with Crippen molar-refractivity contribution < 1.29 is 22.7 Å². The van der Waals surface area contributed by atoms with Crippen molar-refractivity contribution in [3.8, 4) is 11.1 Å². The summed E-state index contributed by atoms with van der Waals surface area (Å²) in [7, 11) is -4.04. The van der Waals surface area contributed by atoms with E-state index in [2.05, 4.69) is 24.0 Å². The molecular weight excluding hydrogens is 440 g/mol. The zero-order valence-electron chi connectivity index (χ0n) is 19.5. The first-order valence-corrected chi connectivity index (χ1v) is 12.7. The van der Waals surface area contributed by atoms with Gasteiger partial charge < -0.3 is 9.64 Å². The average molecular weight is 473 g/mol. The predicted octanol–water partition coefficient (Wildman–Crippen LogP) is 3.48. The fraction of sp³-hybridized carbons (Fsp3) is 0.440. The van der Waals surface area contributed by atoms with Crippen LogP contribution < -0.4 is 0 Å². The molecule has 0 N–H and O–H groups in total. The van der Waals surface area contributed by atoms with Crippen LogP contribution in [0.1, 0.15) is 39.2 Å². The highest BCUT2D eigenvalue weighted by Gasteiger charge is 2.27. The standard InChI is InChI=1S/C25H32N2O5S/c1-19-5-4-15-26(19)16-14-22-6-8-23(9-7-22)24-10-12-25(13-11-24)33(30,31)27(20(2)28)17-18-32-21(3)29/h6-13,19H,4-5,14-18H2,1-3H3/t19-/m1/s1. The fourth-order valence-corrected chi connectivity index (χ4v) is 5.52. The van der Waals surface area contributed by atoms with Crippen molar-refractivity contribution in [2.45, 2.75) is 51.0 Å². The van der Waals surface area contributed by atoms with Crippen molar-refractivity contribution in [3.63, 3.8) is 0 Å². The van der Waals surface area contributed by atoms with E-state index in [0.717, 1.165) is 28.4 Å². The maximum absolute atomic E-state index is 12.9. The lowest BCUT2D eigenvalue weighted by atomic mass is 10.0. The summed E-state index contributed by atoms with van der Waals surface area (Å²) in [5.41, 5.74) is 3.17. The number of rotatable bonds is 9. The number of ether oxygens (including phenoxy) is 1. The molecule has 8 heteroatoms. The average Bonchev–Trinajstić information content (AvgIpc) is 3.20. The van der Waals surface area contributed by atoms with Gasteiger partial charge in [0.15, 0.2) is 0 Å². The Kier molecular flexibility index (Phi) is 8.26. The summed E-state index contributed by atoms with van der Waals surface area (Å²) >= 11 is 0. The molecule has 0 radical (unpaired) electrons. The van der Waals surface area contributed by atoms with Gasteiger partial charge in [-0.2, -0.15) is 0 Å². The Morgan fingerprint density at radius 2 is 1.64 bits per heavy atom. The van der Waals surface area contributed by atoms with Crippen LogP contribution in [-0.4, -0.2) is 61.8 Å². The molecule has 2 aromatic carbocycles. The minimum Gasteiger partial charge on any atom is -0.464 e. The molecule has 1 fully saturated rings. The van der Waals surface area contributed by atoms with Gasteiger partial charge in [-0.3, -0.25) is 9.59 Å². The van der Waals surface area contributed by atoms with E-state index in [9.17, 15) is 18.0 Å². The third-order valence-corrected chi connectivity index (χ3v) is 7.95. The number of sulfonamides is 1. The van der Waals surface area contributed by atoms with Crippen LogP contribution in [0.25, 0.3) is 11.1 Å². The number of benzene rings is 2. The van der Waals surface area contributed by atoms with Gasteiger partial charge >= 0.3 is 5.97 Å². The number of amides is 1. The van der Waals surface area contributed by atoms with E-state index in [0.29, 0.717) is 6.04 Å². The number of hydrogen-bond donors (Lipinski definition) is 0. The molecule has 1 heterocycles. The molecular formula is C25H32N2O5S. The van der Waals surface area contributed by atoms with Gasteiger partial charge in [-0.25, -0.2) is 12.7 Å². The van der Waals surface area contributed by atoms with E-state index in [-0.39, 0.29) is 18.0 Å². The maximum Gasteiger partial charge on any atom is 0.302 e. The van der Waals surface area contributed by atoms with Gasteiger partial charge in [-0.15, -0.1) is 0 Å². The van der Waals surface area contributed by atoms with E-state index < -0.39 is 21.9 Å². The Bertz CT molecular complexity index is 1060. The topological polar surface area (TPSA) is 84.0 Å². The zero-order valence-corrected chi connectivity index (χ0v) is 20.3. The summed E-state index contributed by atoms with van der Waals surface area (Å²) in [6.07, 6.45) is 3.57. The largest absolute Gasteiger partial charge is 0.464 e. The lowest BCUT2D eigenvalue weighted by molar-refractivity contribution is -0.142. The van der Waals surface area contributed by atoms with Crippen LogP contribution in [0.3, 0.4) is 0 Å². The summed E-state index contributed by atoms with van der Waals surface area (Å²) in [5, 5.41) is 0. The van der Waals surface area contributed by atoms with Gasteiger partial charge in [0.1, 0.15) is 6.61 Å². The molecule has 0 bridgehead atoms. The highest BCUT2D eigenvalue weighted by molar-refractivity contribution is 7.89. The molecule has 178 valence electrons. The minimum atomic E-state index is -4.04. The van der Waals surface area contributed by atoms with Crippen LogP contribution in [0.2, 0.25) is 0 Å². The Balaban J connectivity index is 1.67. The Morgan fingerprint density at radius 1 is 1.03 bits per heavy atom. The number of nitrogens with zero attached hydrogens (tertiary/aromatic N) is 2. The Hall–Kier alpha value is -2.71. The second kappa shape index (κ2) is 10.9. The first-order chi connectivity index (χ1) is 15.7. The van der Waals surface area contributed by atoms with Gasteiger partial charge in [0.05, 0.1) is 11.4 Å². The van der Waals surface area contributed by atoms with Crippen LogP contribution in [0.15, 0.2) is 53.4 Å². The molecule has 2 aromatic rings. The van der Waals surface area contributed by atoms with Crippen LogP contribution >= 0.6 is 0 Å². The molecule has 1 aliphatic heterocycles. The van der Waals surface area contributed by atoms with Crippen molar-refractivity contribution in [2.75, 3.05) is 26.2 Å². The second-order valence-corrected chi connectivity index (χ2v) is 10.3. The second-order valence-electron chi connectivity index (χ2n) is 8.43. The normalized spacial score (nSPS) is 16.5. The van der Waals surface area contributed by atoms with Gasteiger partial charge in [-0.05, 0) is 61.6 Å². The summed E-state index contributed by atoms with van der Waals surface area (Å²) in [5.74, 6) is -1.16. The van der Waals surface area contributed by atoms with Crippen molar-refractivity contribution >= 4 is 21.9 Å². The smallest absolute Gasteiger partial charge is 0.302 e. The quantitative estimate of drug-likeness (QED) is 0.520. The van der Waals surface area contributed by atoms with Gasteiger partial charge in [-0.1, -0.05) is 36.4 Å². The van der Waals surface area contributed by atoms with E-state index >= 15 is 0 Å². The molecule has 1 aliphatic rings. The molecule has 0 aliphatic carbocycles. The van der Waals surface area contributed by atoms with Crippen LogP contribution in [0.4, 0.5) is 0 Å². The SMILES string of the molecule is CC(=O)OCCN(C(C)=O)S(=O)(=O)c1ccc(-c2ccc(CCN3CCC[C@H]3C)cc2)cc1. The minimum absolute atomic E-state index is 0.0145. The molecule has 0 aromatic heterocycles. The lowest BCUT2D eigenvalue weighted by Crippen LogP contribution is -2.38. The molecule has 33 heavy (non-hydrogen) atoms. The molecule has 7 nitrogen and oxygen atoms in total. The third-order valence-electron chi connectivity index (χ3n) is 6.06. The van der Waals surface area contributed by atoms with Crippen molar-refractivity contribution in [3.05, 3.63) is 54.1 Å². The predicted molar refractivity (Wildman–Crippen MR) is 127 cm³/mol. The molecule has 0 saturated carbocycles. The summed E-state index contributed by atoms with van der Waals surface area (Å²) in [6, 6.07) is 15.5. The van der Waals surface area contributed by atoms with Crippen LogP contribution in [-0.2, 0) is 30.8 Å². The van der Waals surface area contributed by atoms with E-state index in [1.165, 1.54) is 50.9 Å². The van der Waals surface area contributed by atoms with Crippen molar-refractivity contribution in [2.24, 2.45) is 0 Å². The van der Waals surface area contributed by atoms with Crippen molar-refractivity contribution in [1.29, 1.82) is 0 Å². The van der Waals surface area contributed by atoms with Gasteiger partial charge in [0.25, 0.3) is 10.0 Å². The molecule has 1 atom stereocenters. The van der Waals surface area contributed by atoms with Gasteiger partial charge in [0, 0.05) is 26.4 Å². The first kappa shape index (κ1) is 24.9. The number of likely N-dealkylation sites (tertiary alicyclic amines) is 1. The zero-order chi connectivity index (χ0) is 24.0. The third kappa shape index (κ3) is 6.42. The number of esters is 1. The van der Waals surface area contributed by atoms with E-state index in [4.69, 9.17) is 4.74 Å².